The Kier molecular flexibility index (Phi) is 36.2. The van der Waals surface area contributed by atoms with E-state index in [1.807, 2.05) is 13.8 Å². The van der Waals surface area contributed by atoms with Crippen LogP contribution in [0.3, 0.4) is 0 Å². The number of aliphatic hydroxyl groups excluding tert-OH is 2. The summed E-state index contributed by atoms with van der Waals surface area (Å²) in [5.41, 5.74) is 30.7. The number of aromatic amines is 2. The summed E-state index contributed by atoms with van der Waals surface area (Å²) in [6, 6.07) is -0.290. The first kappa shape index (κ1) is 85.3. The molecule has 568 valence electrons. The van der Waals surface area contributed by atoms with Crippen LogP contribution in [0.15, 0.2) is 60.9 Å². The summed E-state index contributed by atoms with van der Waals surface area (Å²) in [5.74, 6) is -12.8. The van der Waals surface area contributed by atoms with Crippen LogP contribution >= 0.6 is 0 Å². The summed E-state index contributed by atoms with van der Waals surface area (Å²) < 4.78 is 0. The molecule has 0 radical (unpaired) electrons. The van der Waals surface area contributed by atoms with Gasteiger partial charge in [0.15, 0.2) is 0 Å². The van der Waals surface area contributed by atoms with Crippen LogP contribution in [-0.2, 0) is 80.0 Å². The molecule has 35 nitrogen and oxygen atoms in total. The zero-order valence-electron chi connectivity index (χ0n) is 59.2. The molecule has 13 atom stereocenters. The van der Waals surface area contributed by atoms with E-state index in [0.29, 0.717) is 45.8 Å². The number of para-hydroxylation sites is 2. The van der Waals surface area contributed by atoms with Crippen LogP contribution in [0.1, 0.15) is 123 Å². The van der Waals surface area contributed by atoms with Gasteiger partial charge in [0.2, 0.25) is 82.7 Å². The first-order valence-electron chi connectivity index (χ1n) is 34.6. The van der Waals surface area contributed by atoms with Crippen LogP contribution in [-0.4, -0.2) is 209 Å². The second kappa shape index (κ2) is 43.6. The number of benzene rings is 2. The van der Waals surface area contributed by atoms with Crippen molar-refractivity contribution in [2.24, 2.45) is 40.5 Å². The van der Waals surface area contributed by atoms with Gasteiger partial charge in [-0.25, -0.2) is 0 Å². The molecule has 0 saturated carbocycles. The first-order valence-corrected chi connectivity index (χ1v) is 34.6. The average Bonchev–Trinajstić information content (AvgIpc) is 1.73. The first-order chi connectivity index (χ1) is 49.0. The lowest BCUT2D eigenvalue weighted by Crippen LogP contribution is -2.62. The molecular weight excluding hydrogens is 1340 g/mol. The van der Waals surface area contributed by atoms with Crippen molar-refractivity contribution in [2.45, 2.75) is 192 Å². The van der Waals surface area contributed by atoms with Crippen molar-refractivity contribution in [3.63, 3.8) is 0 Å². The topological polar surface area (TPSA) is 585 Å². The Balaban J connectivity index is 1.54. The highest BCUT2D eigenvalue weighted by Crippen LogP contribution is 2.22. The van der Waals surface area contributed by atoms with Crippen molar-refractivity contribution in [1.29, 1.82) is 0 Å². The number of hydrogen-bond donors (Lipinski definition) is 21. The Labute approximate surface area is 596 Å². The summed E-state index contributed by atoms with van der Waals surface area (Å²) in [7, 11) is 0. The lowest BCUT2D eigenvalue weighted by atomic mass is 9.97. The van der Waals surface area contributed by atoms with E-state index in [9.17, 15) is 77.3 Å². The Bertz CT molecular complexity index is 3550. The molecule has 0 aliphatic heterocycles. The third-order valence-corrected chi connectivity index (χ3v) is 17.4. The van der Waals surface area contributed by atoms with Gasteiger partial charge in [0.25, 0.3) is 0 Å². The zero-order valence-corrected chi connectivity index (χ0v) is 59.2. The Morgan fingerprint density at radius 1 is 0.447 bits per heavy atom. The van der Waals surface area contributed by atoms with E-state index in [0.717, 1.165) is 6.42 Å². The van der Waals surface area contributed by atoms with Gasteiger partial charge < -0.3 is 113 Å². The maximum absolute atomic E-state index is 14.6. The van der Waals surface area contributed by atoms with E-state index in [1.54, 1.807) is 74.8 Å². The average molecular weight is 1440 g/mol. The van der Waals surface area contributed by atoms with Gasteiger partial charge in [-0.1, -0.05) is 76.9 Å². The molecule has 1 unspecified atom stereocenters. The van der Waals surface area contributed by atoms with E-state index in [1.165, 1.54) is 13.8 Å². The van der Waals surface area contributed by atoms with Gasteiger partial charge in [-0.05, 0) is 114 Å². The monoisotopic (exact) mass is 1440 g/mol. The molecular formula is C68H105N19O16. The number of H-pyrrole nitrogens is 2. The van der Waals surface area contributed by atoms with E-state index >= 15 is 0 Å². The van der Waals surface area contributed by atoms with Crippen molar-refractivity contribution in [3.8, 4) is 0 Å². The number of aliphatic hydroxyl groups is 2. The number of carbonyl (C=O) groups is 14. The largest absolute Gasteiger partial charge is 0.394 e. The number of amides is 14. The summed E-state index contributed by atoms with van der Waals surface area (Å²) in [6.45, 7) is 7.66. The van der Waals surface area contributed by atoms with Crippen LogP contribution in [0.25, 0.3) is 21.8 Å². The Hall–Kier alpha value is -10.1. The molecule has 0 saturated heterocycles. The van der Waals surface area contributed by atoms with Gasteiger partial charge in [-0.15, -0.1) is 0 Å². The van der Waals surface area contributed by atoms with Gasteiger partial charge in [-0.3, -0.25) is 67.1 Å². The fraction of sp³-hybridized carbons (Fsp3) is 0.559. The van der Waals surface area contributed by atoms with Crippen LogP contribution in [0, 0.1) is 11.8 Å². The smallest absolute Gasteiger partial charge is 0.245 e. The molecule has 26 N–H and O–H groups in total. The van der Waals surface area contributed by atoms with E-state index < -0.39 is 181 Å². The molecule has 4 rings (SSSR count). The van der Waals surface area contributed by atoms with Crippen LogP contribution in [0.2, 0.25) is 0 Å². The minimum atomic E-state index is -1.76. The fourth-order valence-corrected chi connectivity index (χ4v) is 10.9. The van der Waals surface area contributed by atoms with Gasteiger partial charge >= 0.3 is 0 Å². The molecule has 0 spiro atoms. The number of nitrogens with two attached hydrogens (primary N) is 5. The molecule has 4 aromatic rings. The summed E-state index contributed by atoms with van der Waals surface area (Å²) in [4.78, 5) is 196. The van der Waals surface area contributed by atoms with E-state index in [-0.39, 0.29) is 83.3 Å². The maximum atomic E-state index is 14.6. The molecule has 2 heterocycles. The molecule has 14 amide bonds. The molecule has 0 aliphatic rings. The number of nitrogens with one attached hydrogen (secondary N) is 14. The number of hydrogen-bond acceptors (Lipinski definition) is 19. The summed E-state index contributed by atoms with van der Waals surface area (Å²) in [5, 5.41) is 52.0. The van der Waals surface area contributed by atoms with Crippen LogP contribution in [0.5, 0.6) is 0 Å². The number of rotatable bonds is 47. The molecule has 35 heteroatoms. The number of carbonyl (C=O) groups excluding carboxylic acids is 14. The van der Waals surface area contributed by atoms with Gasteiger partial charge in [0, 0.05) is 53.5 Å². The Morgan fingerprint density at radius 2 is 0.864 bits per heavy atom. The lowest BCUT2D eigenvalue weighted by Gasteiger charge is -2.29. The SMILES string of the molecule is CCC(C)CCC(=O)N[C@H](CC(N)=O)C(=O)N[C@H](C)C(=O)N[C@H](Cc1c[nH]c2ccccc12)C(=O)N[C@H](CCCN)C(=O)N[C@@H](CCCN)C(=O)NCC(=O)N[C@H](CCCN)C(=O)N[C@@H](Cc1c[nH]c2ccccc12)C(=O)N[C@H](C(=O)N[C@H](C(=O)NCC(=O)N[C@@H](CO)C(N)=O)[C@@H](C)CC)[C@@H](C)O. The third-order valence-electron chi connectivity index (χ3n) is 17.4. The highest BCUT2D eigenvalue weighted by molar-refractivity contribution is 6.00. The highest BCUT2D eigenvalue weighted by atomic mass is 16.3. The number of primary amides is 2. The fourth-order valence-electron chi connectivity index (χ4n) is 10.9. The van der Waals surface area contributed by atoms with Gasteiger partial charge in [0.1, 0.15) is 60.4 Å². The van der Waals surface area contributed by atoms with E-state index in [4.69, 9.17) is 28.7 Å². The van der Waals surface area contributed by atoms with Crippen molar-refractivity contribution >= 4 is 105 Å². The normalized spacial score (nSPS) is 15.0. The van der Waals surface area contributed by atoms with Gasteiger partial charge in [0.05, 0.1) is 32.2 Å². The minimum absolute atomic E-state index is 0.0414. The van der Waals surface area contributed by atoms with Gasteiger partial charge in [-0.2, -0.15) is 0 Å². The standard InChI is InChI=1S/C68H105N19O16/c1-7-36(3)23-24-54(91)80-51(30-53(72)90)64(99)78-38(5)60(95)84-49(28-40-31-74-44-18-11-9-16-42(40)44)65(100)83-48(22-15-27-71)63(98)82-46(20-13-25-69)61(96)76-33-55(92)79-47(21-14-26-70)62(97)85-50(29-41-32-75-45-19-12-10-17-43(41)45)66(101)87-58(39(6)89)68(103)86-57(37(4)8-2)67(102)77-34-56(93)81-52(35-88)59(73)94/h9-12,16-19,31-32,36-39,46-52,57-58,74-75,88-89H,7-8,13-15,20-30,33-35,69-71H2,1-6H3,(H2,72,90)(H2,73,94)(H,76,96)(H,77,102)(H,78,99)(H,79,92)(H,80,91)(H,81,93)(H,82,98)(H,83,100)(H,84,95)(H,85,97)(H,86,103)(H,87,101)/t36?,37-,38+,39+,46-,47+,48+,49+,50-,51+,52-,57-,58-/m0/s1. The van der Waals surface area contributed by atoms with Crippen molar-refractivity contribution in [2.75, 3.05) is 39.3 Å². The number of fused-ring (bicyclic) bond motifs is 2. The van der Waals surface area contributed by atoms with Crippen molar-refractivity contribution in [1.82, 2.24) is 73.8 Å². The zero-order chi connectivity index (χ0) is 76.5. The quantitative estimate of drug-likeness (QED) is 0.0198. The summed E-state index contributed by atoms with van der Waals surface area (Å²) in [6.07, 6.45) is 2.66. The lowest BCUT2D eigenvalue weighted by molar-refractivity contribution is -0.137. The molecule has 0 fully saturated rings. The highest BCUT2D eigenvalue weighted by Gasteiger charge is 2.37. The second-order valence-corrected chi connectivity index (χ2v) is 25.6. The maximum Gasteiger partial charge on any atom is 0.245 e. The van der Waals surface area contributed by atoms with Crippen molar-refractivity contribution in [3.05, 3.63) is 72.1 Å². The van der Waals surface area contributed by atoms with E-state index in [2.05, 4.69) is 73.8 Å². The molecule has 2 aromatic carbocycles. The number of aromatic nitrogens is 2. The second-order valence-electron chi connectivity index (χ2n) is 25.6. The predicted octanol–water partition coefficient (Wildman–Crippen LogP) is -4.64. The van der Waals surface area contributed by atoms with Crippen molar-refractivity contribution < 1.29 is 77.3 Å². The Morgan fingerprint density at radius 3 is 1.33 bits per heavy atom. The molecule has 2 aromatic heterocycles. The molecule has 0 aliphatic carbocycles. The molecule has 103 heavy (non-hydrogen) atoms. The molecule has 0 bridgehead atoms. The minimum Gasteiger partial charge on any atom is -0.394 e. The van der Waals surface area contributed by atoms with Crippen LogP contribution in [0.4, 0.5) is 0 Å². The predicted molar refractivity (Wildman–Crippen MR) is 380 cm³/mol. The summed E-state index contributed by atoms with van der Waals surface area (Å²) >= 11 is 0. The van der Waals surface area contributed by atoms with Crippen LogP contribution < -0.4 is 92.5 Å². The third kappa shape index (κ3) is 28.0.